The van der Waals surface area contributed by atoms with Gasteiger partial charge in [0.05, 0.1) is 19.1 Å². The second-order valence-electron chi connectivity index (χ2n) is 5.27. The molecule has 0 unspecified atom stereocenters. The van der Waals surface area contributed by atoms with E-state index >= 15 is 0 Å². The van der Waals surface area contributed by atoms with Gasteiger partial charge in [0.25, 0.3) is 5.69 Å². The van der Waals surface area contributed by atoms with Gasteiger partial charge in [-0.15, -0.1) is 0 Å². The average molecular weight is 394 g/mol. The molecule has 148 valence electrons. The largest absolute Gasteiger partial charge is 0.865 e. The van der Waals surface area contributed by atoms with E-state index in [4.69, 9.17) is 9.47 Å². The second kappa shape index (κ2) is 8.80. The minimum atomic E-state index is -3.05. The van der Waals surface area contributed by atoms with Crippen molar-refractivity contribution in [2.75, 3.05) is 14.2 Å². The van der Waals surface area contributed by atoms with Crippen molar-refractivity contribution in [3.63, 3.8) is 0 Å². The number of ketones is 1. The molecule has 0 saturated carbocycles. The number of hydrogen-bond donors (Lipinski definition) is 0. The first-order valence-electron chi connectivity index (χ1n) is 7.65. The van der Waals surface area contributed by atoms with Gasteiger partial charge in [0, 0.05) is 17.4 Å². The summed E-state index contributed by atoms with van der Waals surface area (Å²) >= 11 is 0. The fourth-order valence-electron chi connectivity index (χ4n) is 2.27. The lowest BCUT2D eigenvalue weighted by Crippen LogP contribution is -2.04. The molecular weight excluding hydrogens is 380 g/mol. The lowest BCUT2D eigenvalue weighted by molar-refractivity contribution is -0.398. The number of carbonyl (C=O) groups is 1. The Morgan fingerprint density at radius 1 is 1.11 bits per heavy atom. The van der Waals surface area contributed by atoms with Crippen molar-refractivity contribution < 1.29 is 37.8 Å². The molecule has 8 nitrogen and oxygen atoms in total. The minimum absolute atomic E-state index is 0.0624. The van der Waals surface area contributed by atoms with Gasteiger partial charge in [0.15, 0.2) is 17.3 Å². The van der Waals surface area contributed by atoms with Crippen LogP contribution >= 0.6 is 0 Å². The van der Waals surface area contributed by atoms with Crippen LogP contribution in [0.3, 0.4) is 0 Å². The number of carbonyl (C=O) groups excluding carboxylic acids is 1. The van der Waals surface area contributed by atoms with E-state index in [1.54, 1.807) is 0 Å². The molecule has 0 N–H and O–H groups in total. The van der Waals surface area contributed by atoms with E-state index < -0.39 is 28.8 Å². The fourth-order valence-corrected chi connectivity index (χ4v) is 2.27. The monoisotopic (exact) mass is 394 g/mol. The van der Waals surface area contributed by atoms with Gasteiger partial charge in [-0.2, -0.15) is 8.78 Å². The molecule has 2 aromatic carbocycles. The third kappa shape index (κ3) is 4.72. The maximum Gasteiger partial charge on any atom is 0.387 e. The van der Waals surface area contributed by atoms with E-state index in [0.29, 0.717) is 0 Å². The SMILES string of the molecule is COc1cc(C(=O)/C=C/c2cc(OC)c([O-])c([N+](=O)[O-])c2)ccc1OC(F)F. The zero-order valence-corrected chi connectivity index (χ0v) is 14.7. The molecule has 0 aliphatic carbocycles. The maximum atomic E-state index is 12.3. The Labute approximate surface area is 157 Å². The van der Waals surface area contributed by atoms with Crippen LogP contribution in [0.25, 0.3) is 6.08 Å². The third-order valence-electron chi connectivity index (χ3n) is 3.57. The van der Waals surface area contributed by atoms with Gasteiger partial charge in [-0.05, 0) is 35.9 Å². The highest BCUT2D eigenvalue weighted by Gasteiger charge is 2.14. The van der Waals surface area contributed by atoms with Crippen LogP contribution < -0.4 is 19.3 Å². The summed E-state index contributed by atoms with van der Waals surface area (Å²) < 4.78 is 38.7. The minimum Gasteiger partial charge on any atom is -0.865 e. The predicted octanol–water partition coefficient (Wildman–Crippen LogP) is 3.18. The van der Waals surface area contributed by atoms with E-state index in [2.05, 4.69) is 4.74 Å². The molecule has 2 aromatic rings. The van der Waals surface area contributed by atoms with Gasteiger partial charge in [0.1, 0.15) is 5.75 Å². The van der Waals surface area contributed by atoms with Gasteiger partial charge in [-0.3, -0.25) is 14.9 Å². The first-order valence-corrected chi connectivity index (χ1v) is 7.65. The van der Waals surface area contributed by atoms with Crippen molar-refractivity contribution >= 4 is 17.5 Å². The Morgan fingerprint density at radius 3 is 2.36 bits per heavy atom. The first kappa shape index (κ1) is 20.6. The van der Waals surface area contributed by atoms with E-state index in [9.17, 15) is 28.8 Å². The van der Waals surface area contributed by atoms with Gasteiger partial charge in [-0.25, -0.2) is 0 Å². The van der Waals surface area contributed by atoms with Gasteiger partial charge < -0.3 is 19.3 Å². The molecule has 0 bridgehead atoms. The topological polar surface area (TPSA) is 111 Å². The molecule has 0 radical (unpaired) electrons. The molecule has 0 aliphatic rings. The molecule has 0 spiro atoms. The summed E-state index contributed by atoms with van der Waals surface area (Å²) in [7, 11) is 2.42. The van der Waals surface area contributed by atoms with Crippen LogP contribution in [0.4, 0.5) is 14.5 Å². The van der Waals surface area contributed by atoms with Crippen LogP contribution in [-0.2, 0) is 0 Å². The molecular formula is C18H14F2NO7-. The van der Waals surface area contributed by atoms with Crippen molar-refractivity contribution in [3.05, 3.63) is 57.6 Å². The van der Waals surface area contributed by atoms with Crippen molar-refractivity contribution in [2.24, 2.45) is 0 Å². The highest BCUT2D eigenvalue weighted by molar-refractivity contribution is 6.07. The lowest BCUT2D eigenvalue weighted by Gasteiger charge is -2.13. The molecule has 0 saturated heterocycles. The van der Waals surface area contributed by atoms with Crippen LogP contribution in [0, 0.1) is 10.1 Å². The summed E-state index contributed by atoms with van der Waals surface area (Å²) in [5.41, 5.74) is -0.389. The molecule has 0 aliphatic heterocycles. The van der Waals surface area contributed by atoms with Gasteiger partial charge in [-0.1, -0.05) is 6.08 Å². The molecule has 0 fully saturated rings. The predicted molar refractivity (Wildman–Crippen MR) is 92.1 cm³/mol. The average Bonchev–Trinajstić information content (AvgIpc) is 2.66. The van der Waals surface area contributed by atoms with Crippen molar-refractivity contribution in [1.82, 2.24) is 0 Å². The zero-order valence-electron chi connectivity index (χ0n) is 14.7. The Kier molecular flexibility index (Phi) is 6.48. The standard InChI is InChI=1S/C18H15F2NO7/c1-26-15-9-11(4-6-14(15)28-18(19)20)13(22)5-3-10-7-12(21(24)25)17(23)16(8-10)27-2/h3-9,18,23H,1-2H3/p-1/b5-3+. The lowest BCUT2D eigenvalue weighted by atomic mass is 10.1. The summed E-state index contributed by atoms with van der Waals surface area (Å²) in [6, 6.07) is 5.89. The van der Waals surface area contributed by atoms with Crippen molar-refractivity contribution in [2.45, 2.75) is 6.61 Å². The summed E-state index contributed by atoms with van der Waals surface area (Å²) in [5, 5.41) is 22.8. The molecule has 0 amide bonds. The van der Waals surface area contributed by atoms with Crippen LogP contribution in [0.15, 0.2) is 36.4 Å². The normalized spacial score (nSPS) is 10.9. The third-order valence-corrected chi connectivity index (χ3v) is 3.57. The molecule has 2 rings (SSSR count). The van der Waals surface area contributed by atoms with Crippen LogP contribution in [0.2, 0.25) is 0 Å². The highest BCUT2D eigenvalue weighted by atomic mass is 19.3. The van der Waals surface area contributed by atoms with E-state index in [0.717, 1.165) is 18.2 Å². The highest BCUT2D eigenvalue weighted by Crippen LogP contribution is 2.35. The van der Waals surface area contributed by atoms with Gasteiger partial charge in [0.2, 0.25) is 0 Å². The number of nitro benzene ring substituents is 1. The molecule has 0 aromatic heterocycles. The number of ether oxygens (including phenoxy) is 3. The van der Waals surface area contributed by atoms with Crippen molar-refractivity contribution in [1.29, 1.82) is 0 Å². The quantitative estimate of drug-likeness (QED) is 0.293. The number of hydrogen-bond acceptors (Lipinski definition) is 7. The van der Waals surface area contributed by atoms with Crippen molar-refractivity contribution in [3.8, 4) is 23.0 Å². The Morgan fingerprint density at radius 2 is 1.79 bits per heavy atom. The number of benzene rings is 2. The van der Waals surface area contributed by atoms with E-state index in [-0.39, 0.29) is 28.4 Å². The maximum absolute atomic E-state index is 12.3. The number of alkyl halides is 2. The van der Waals surface area contributed by atoms with Crippen LogP contribution in [-0.4, -0.2) is 31.5 Å². The Balaban J connectivity index is 2.31. The smallest absolute Gasteiger partial charge is 0.387 e. The zero-order chi connectivity index (χ0) is 20.8. The Bertz CT molecular complexity index is 928. The molecule has 10 heteroatoms. The Hall–Kier alpha value is -3.69. The second-order valence-corrected chi connectivity index (χ2v) is 5.27. The number of rotatable bonds is 8. The van der Waals surface area contributed by atoms with Gasteiger partial charge >= 0.3 is 6.61 Å². The molecule has 0 heterocycles. The molecule has 0 atom stereocenters. The van der Waals surface area contributed by atoms with E-state index in [1.807, 2.05) is 0 Å². The van der Waals surface area contributed by atoms with Crippen LogP contribution in [0.1, 0.15) is 15.9 Å². The number of methoxy groups -OCH3 is 2. The number of allylic oxidation sites excluding steroid dienone is 1. The molecule has 28 heavy (non-hydrogen) atoms. The number of nitro groups is 1. The number of halogens is 2. The first-order chi connectivity index (χ1) is 13.3. The van der Waals surface area contributed by atoms with Crippen LogP contribution in [0.5, 0.6) is 23.0 Å². The summed E-state index contributed by atoms with van der Waals surface area (Å²) in [6.07, 6.45) is 2.36. The fraction of sp³-hybridized carbons (Fsp3) is 0.167. The van der Waals surface area contributed by atoms with E-state index in [1.165, 1.54) is 38.5 Å². The number of nitrogens with zero attached hydrogens (tertiary/aromatic N) is 1. The summed E-state index contributed by atoms with van der Waals surface area (Å²) in [6.45, 7) is -3.05. The summed E-state index contributed by atoms with van der Waals surface area (Å²) in [4.78, 5) is 22.4. The summed E-state index contributed by atoms with van der Waals surface area (Å²) in [5.74, 6) is -1.95.